The van der Waals surface area contributed by atoms with Gasteiger partial charge in [-0.1, -0.05) is 18.2 Å². The van der Waals surface area contributed by atoms with Gasteiger partial charge in [-0.2, -0.15) is 16.9 Å². The molecule has 0 N–H and O–H groups in total. The van der Waals surface area contributed by atoms with Crippen molar-refractivity contribution >= 4 is 40.2 Å². The third-order valence-electron chi connectivity index (χ3n) is 5.76. The van der Waals surface area contributed by atoms with E-state index >= 15 is 0 Å². The molecule has 0 saturated carbocycles. The van der Waals surface area contributed by atoms with Crippen LogP contribution in [0.1, 0.15) is 10.6 Å². The first-order valence-electron chi connectivity index (χ1n) is 10.3. The zero-order chi connectivity index (χ0) is 20.5. The highest BCUT2D eigenvalue weighted by Crippen LogP contribution is 2.26. The third kappa shape index (κ3) is 3.58. The first kappa shape index (κ1) is 19.2. The molecule has 0 spiro atoms. The first-order valence-corrected chi connectivity index (χ1v) is 11.5. The molecular formula is C21H25N7OS. The fourth-order valence-electron chi connectivity index (χ4n) is 4.07. The Bertz CT molecular complexity index is 1040. The van der Waals surface area contributed by atoms with Gasteiger partial charge in [0.25, 0.3) is 5.91 Å². The summed E-state index contributed by atoms with van der Waals surface area (Å²) in [6.07, 6.45) is 1.80. The molecular weight excluding hydrogens is 398 g/mol. The number of hydrogen-bond acceptors (Lipinski definition) is 7. The topological polar surface area (TPSA) is 70.4 Å². The Morgan fingerprint density at radius 1 is 0.933 bits per heavy atom. The van der Waals surface area contributed by atoms with Crippen LogP contribution in [0.4, 0.5) is 11.5 Å². The summed E-state index contributed by atoms with van der Waals surface area (Å²) in [6, 6.07) is 10.3. The number of para-hydroxylation sites is 1. The van der Waals surface area contributed by atoms with Gasteiger partial charge in [0.05, 0.1) is 11.6 Å². The average molecular weight is 424 g/mol. The zero-order valence-electron chi connectivity index (χ0n) is 17.1. The number of anilines is 2. The second-order valence-electron chi connectivity index (χ2n) is 7.59. The molecule has 1 aromatic carbocycles. The summed E-state index contributed by atoms with van der Waals surface area (Å²) < 4.78 is 1.73. The van der Waals surface area contributed by atoms with Crippen LogP contribution in [-0.4, -0.2) is 81.3 Å². The van der Waals surface area contributed by atoms with Gasteiger partial charge >= 0.3 is 0 Å². The molecule has 0 aliphatic carbocycles. The Kier molecular flexibility index (Phi) is 5.20. The van der Waals surface area contributed by atoms with Gasteiger partial charge in [-0.15, -0.1) is 0 Å². The summed E-state index contributed by atoms with van der Waals surface area (Å²) in [5, 5.41) is 5.27. The third-order valence-corrected chi connectivity index (χ3v) is 6.70. The number of carbonyl (C=O) groups is 1. The maximum absolute atomic E-state index is 13.3. The summed E-state index contributed by atoms with van der Waals surface area (Å²) in [5.74, 6) is 3.14. The van der Waals surface area contributed by atoms with E-state index in [1.165, 1.54) is 5.69 Å². The predicted molar refractivity (Wildman–Crippen MR) is 120 cm³/mol. The quantitative estimate of drug-likeness (QED) is 0.637. The minimum absolute atomic E-state index is 0.0987. The van der Waals surface area contributed by atoms with Gasteiger partial charge in [-0.05, 0) is 12.1 Å². The minimum atomic E-state index is -0.0987. The highest BCUT2D eigenvalue weighted by molar-refractivity contribution is 7.99. The number of aromatic nitrogens is 4. The van der Waals surface area contributed by atoms with Crippen molar-refractivity contribution in [3.63, 3.8) is 0 Å². The summed E-state index contributed by atoms with van der Waals surface area (Å²) in [5.41, 5.74) is 1.91. The highest BCUT2D eigenvalue weighted by Gasteiger charge is 2.27. The maximum Gasteiger partial charge on any atom is 0.291 e. The van der Waals surface area contributed by atoms with E-state index in [-0.39, 0.29) is 11.7 Å². The van der Waals surface area contributed by atoms with E-state index in [2.05, 4.69) is 32.0 Å². The molecule has 0 radical (unpaired) electrons. The number of piperazine rings is 1. The molecule has 0 atom stereocenters. The van der Waals surface area contributed by atoms with Gasteiger partial charge in [0, 0.05) is 63.5 Å². The molecule has 2 fully saturated rings. The summed E-state index contributed by atoms with van der Waals surface area (Å²) >= 11 is 1.95. The molecule has 0 bridgehead atoms. The molecule has 2 saturated heterocycles. The molecule has 8 nitrogen and oxygen atoms in total. The molecule has 0 unspecified atom stereocenters. The lowest BCUT2D eigenvalue weighted by molar-refractivity contribution is 0.0735. The minimum Gasteiger partial charge on any atom is -0.368 e. The molecule has 2 aliphatic rings. The first-order chi connectivity index (χ1) is 14.7. The van der Waals surface area contributed by atoms with Crippen molar-refractivity contribution in [2.75, 3.05) is 60.6 Å². The van der Waals surface area contributed by atoms with Gasteiger partial charge in [0.15, 0.2) is 5.65 Å². The molecule has 2 aromatic heterocycles. The number of aryl methyl sites for hydroxylation is 1. The Hall–Kier alpha value is -2.81. The fraction of sp³-hybridized carbons (Fsp3) is 0.429. The normalized spacial score (nSPS) is 17.6. The number of rotatable bonds is 3. The van der Waals surface area contributed by atoms with Crippen LogP contribution < -0.4 is 9.80 Å². The van der Waals surface area contributed by atoms with Crippen molar-refractivity contribution < 1.29 is 4.79 Å². The number of hydrogen-bond donors (Lipinski definition) is 0. The van der Waals surface area contributed by atoms with Crippen molar-refractivity contribution in [2.24, 2.45) is 7.05 Å². The summed E-state index contributed by atoms with van der Waals surface area (Å²) in [6.45, 7) is 4.79. The Morgan fingerprint density at radius 3 is 2.40 bits per heavy atom. The SMILES string of the molecule is Cn1ncc2c(N3CCSCC3)nc(C(=O)N3CCN(c4ccccc4)CC3)nc21. The monoisotopic (exact) mass is 423 g/mol. The summed E-state index contributed by atoms with van der Waals surface area (Å²) in [4.78, 5) is 29.1. The molecule has 156 valence electrons. The molecule has 3 aromatic rings. The standard InChI is InChI=1S/C21H25N7OS/c1-25-19-17(15-22-25)20(27-11-13-30-14-12-27)24-18(23-19)21(29)28-9-7-26(8-10-28)16-5-3-2-4-6-16/h2-6,15H,7-14H2,1H3. The number of fused-ring (bicyclic) bond motifs is 1. The molecule has 2 aliphatic heterocycles. The van der Waals surface area contributed by atoms with Crippen LogP contribution in [0.5, 0.6) is 0 Å². The smallest absolute Gasteiger partial charge is 0.291 e. The lowest BCUT2D eigenvalue weighted by Gasteiger charge is -2.36. The molecule has 4 heterocycles. The second kappa shape index (κ2) is 8.14. The van der Waals surface area contributed by atoms with Crippen LogP contribution in [0.3, 0.4) is 0 Å². The van der Waals surface area contributed by atoms with Crippen LogP contribution in [0, 0.1) is 0 Å². The Balaban J connectivity index is 1.39. The van der Waals surface area contributed by atoms with Gasteiger partial charge < -0.3 is 14.7 Å². The van der Waals surface area contributed by atoms with Gasteiger partial charge in [-0.25, -0.2) is 9.97 Å². The lowest BCUT2D eigenvalue weighted by atomic mass is 10.2. The van der Waals surface area contributed by atoms with Crippen LogP contribution in [0.15, 0.2) is 36.5 Å². The summed E-state index contributed by atoms with van der Waals surface area (Å²) in [7, 11) is 1.86. The van der Waals surface area contributed by atoms with E-state index in [1.807, 2.05) is 41.9 Å². The number of carbonyl (C=O) groups excluding carboxylic acids is 1. The van der Waals surface area contributed by atoms with E-state index in [9.17, 15) is 4.79 Å². The fourth-order valence-corrected chi connectivity index (χ4v) is 4.97. The van der Waals surface area contributed by atoms with Gasteiger partial charge in [0.2, 0.25) is 5.82 Å². The van der Waals surface area contributed by atoms with E-state index < -0.39 is 0 Å². The number of benzene rings is 1. The van der Waals surface area contributed by atoms with E-state index in [1.54, 1.807) is 10.9 Å². The van der Waals surface area contributed by atoms with Crippen LogP contribution in [0.2, 0.25) is 0 Å². The molecule has 1 amide bonds. The molecule has 30 heavy (non-hydrogen) atoms. The number of nitrogens with zero attached hydrogens (tertiary/aromatic N) is 7. The van der Waals surface area contributed by atoms with Crippen LogP contribution >= 0.6 is 11.8 Å². The number of amides is 1. The predicted octanol–water partition coefficient (Wildman–Crippen LogP) is 1.88. The zero-order valence-corrected chi connectivity index (χ0v) is 17.9. The Morgan fingerprint density at radius 2 is 1.67 bits per heavy atom. The number of thioether (sulfide) groups is 1. The van der Waals surface area contributed by atoms with E-state index in [0.717, 1.165) is 48.9 Å². The van der Waals surface area contributed by atoms with Crippen molar-refractivity contribution in [2.45, 2.75) is 0 Å². The second-order valence-corrected chi connectivity index (χ2v) is 8.82. The lowest BCUT2D eigenvalue weighted by Crippen LogP contribution is -2.49. The molecule has 5 rings (SSSR count). The van der Waals surface area contributed by atoms with Crippen molar-refractivity contribution in [3.05, 3.63) is 42.4 Å². The average Bonchev–Trinajstić information content (AvgIpc) is 3.20. The van der Waals surface area contributed by atoms with Gasteiger partial charge in [-0.3, -0.25) is 9.48 Å². The van der Waals surface area contributed by atoms with Crippen molar-refractivity contribution in [1.82, 2.24) is 24.6 Å². The van der Waals surface area contributed by atoms with Crippen molar-refractivity contribution in [1.29, 1.82) is 0 Å². The van der Waals surface area contributed by atoms with Crippen molar-refractivity contribution in [3.8, 4) is 0 Å². The van der Waals surface area contributed by atoms with Gasteiger partial charge in [0.1, 0.15) is 5.82 Å². The van der Waals surface area contributed by atoms with Crippen LogP contribution in [0.25, 0.3) is 11.0 Å². The largest absolute Gasteiger partial charge is 0.368 e. The molecule has 9 heteroatoms. The highest BCUT2D eigenvalue weighted by atomic mass is 32.2. The van der Waals surface area contributed by atoms with Crippen LogP contribution in [-0.2, 0) is 7.05 Å². The van der Waals surface area contributed by atoms with E-state index in [0.29, 0.717) is 18.7 Å². The maximum atomic E-state index is 13.3. The van der Waals surface area contributed by atoms with E-state index in [4.69, 9.17) is 4.98 Å². The Labute approximate surface area is 179 Å².